The second kappa shape index (κ2) is 5.95. The Morgan fingerprint density at radius 3 is 3.00 bits per heavy atom. The minimum absolute atomic E-state index is 0.0494. The number of anilines is 1. The Balaban J connectivity index is 1.87. The third kappa shape index (κ3) is 3.90. The van der Waals surface area contributed by atoms with Crippen molar-refractivity contribution in [3.05, 3.63) is 5.01 Å². The lowest BCUT2D eigenvalue weighted by Gasteiger charge is -2.37. The quantitative estimate of drug-likeness (QED) is 0.886. The van der Waals surface area contributed by atoms with Crippen LogP contribution in [0.15, 0.2) is 0 Å². The molecule has 1 saturated heterocycles. The van der Waals surface area contributed by atoms with Crippen LogP contribution in [-0.2, 0) is 11.3 Å². The number of nitrogens with zero attached hydrogens (tertiary/aromatic N) is 3. The number of hydrogen-bond acceptors (Lipinski definition) is 6. The molecule has 0 unspecified atom stereocenters. The Kier molecular flexibility index (Phi) is 4.53. The fourth-order valence-corrected chi connectivity index (χ4v) is 2.87. The van der Waals surface area contributed by atoms with E-state index in [0.717, 1.165) is 49.3 Å². The molecule has 2 rings (SSSR count). The van der Waals surface area contributed by atoms with Gasteiger partial charge in [0.2, 0.25) is 5.13 Å². The highest BCUT2D eigenvalue weighted by atomic mass is 32.1. The molecule has 18 heavy (non-hydrogen) atoms. The Morgan fingerprint density at radius 1 is 1.44 bits per heavy atom. The third-order valence-corrected chi connectivity index (χ3v) is 3.72. The summed E-state index contributed by atoms with van der Waals surface area (Å²) in [6, 6.07) is 0. The average molecular weight is 270 g/mol. The van der Waals surface area contributed by atoms with E-state index in [1.807, 2.05) is 0 Å². The van der Waals surface area contributed by atoms with Crippen molar-refractivity contribution in [3.63, 3.8) is 0 Å². The summed E-state index contributed by atoms with van der Waals surface area (Å²) in [6.07, 6.45) is 1.10. The molecule has 102 valence electrons. The summed E-state index contributed by atoms with van der Waals surface area (Å²) in [5, 5.41) is 13.7. The van der Waals surface area contributed by atoms with E-state index < -0.39 is 0 Å². The van der Waals surface area contributed by atoms with Crippen LogP contribution in [0.25, 0.3) is 0 Å². The zero-order valence-electron chi connectivity index (χ0n) is 11.4. The van der Waals surface area contributed by atoms with E-state index in [2.05, 4.69) is 41.2 Å². The van der Waals surface area contributed by atoms with Crippen LogP contribution < -0.4 is 5.32 Å². The van der Waals surface area contributed by atoms with Gasteiger partial charge in [-0.15, -0.1) is 10.2 Å². The second-order valence-electron chi connectivity index (χ2n) is 5.25. The predicted molar refractivity (Wildman–Crippen MR) is 74.0 cm³/mol. The summed E-state index contributed by atoms with van der Waals surface area (Å²) < 4.78 is 5.70. The molecule has 5 nitrogen and oxygen atoms in total. The Morgan fingerprint density at radius 2 is 2.28 bits per heavy atom. The van der Waals surface area contributed by atoms with E-state index in [4.69, 9.17) is 4.74 Å². The molecule has 0 aromatic carbocycles. The van der Waals surface area contributed by atoms with Gasteiger partial charge in [-0.1, -0.05) is 18.3 Å². The van der Waals surface area contributed by atoms with E-state index >= 15 is 0 Å². The number of nitrogens with one attached hydrogen (secondary N) is 1. The number of hydrogen-bond donors (Lipinski definition) is 1. The lowest BCUT2D eigenvalue weighted by atomic mass is 10.1. The summed E-state index contributed by atoms with van der Waals surface area (Å²) in [6.45, 7) is 11.0. The first kappa shape index (κ1) is 13.7. The van der Waals surface area contributed by atoms with Crippen LogP contribution in [0.4, 0.5) is 5.13 Å². The highest BCUT2D eigenvalue weighted by Crippen LogP contribution is 2.21. The smallest absolute Gasteiger partial charge is 0.205 e. The molecule has 1 aliphatic heterocycles. The van der Waals surface area contributed by atoms with Gasteiger partial charge in [-0.05, 0) is 20.3 Å². The molecule has 1 aliphatic rings. The van der Waals surface area contributed by atoms with Crippen LogP contribution >= 0.6 is 11.3 Å². The minimum Gasteiger partial charge on any atom is -0.373 e. The van der Waals surface area contributed by atoms with E-state index in [1.54, 1.807) is 11.3 Å². The van der Waals surface area contributed by atoms with Gasteiger partial charge >= 0.3 is 0 Å². The summed E-state index contributed by atoms with van der Waals surface area (Å²) in [7, 11) is 0. The highest BCUT2D eigenvalue weighted by molar-refractivity contribution is 7.15. The molecule has 0 bridgehead atoms. The molecule has 0 atom stereocenters. The third-order valence-electron chi connectivity index (χ3n) is 2.86. The van der Waals surface area contributed by atoms with Gasteiger partial charge in [0.15, 0.2) is 0 Å². The molecule has 6 heteroatoms. The fraction of sp³-hybridized carbons (Fsp3) is 0.833. The van der Waals surface area contributed by atoms with Crippen molar-refractivity contribution in [1.82, 2.24) is 15.1 Å². The molecule has 1 aromatic rings. The lowest BCUT2D eigenvalue weighted by molar-refractivity contribution is -0.0883. The number of aromatic nitrogens is 2. The van der Waals surface area contributed by atoms with Crippen LogP contribution in [0, 0.1) is 0 Å². The van der Waals surface area contributed by atoms with Crippen LogP contribution in [0.2, 0.25) is 0 Å². The van der Waals surface area contributed by atoms with Gasteiger partial charge in [-0.25, -0.2) is 0 Å². The zero-order chi connectivity index (χ0) is 13.0. The summed E-state index contributed by atoms with van der Waals surface area (Å²) in [4.78, 5) is 2.38. The summed E-state index contributed by atoms with van der Waals surface area (Å²) >= 11 is 1.65. The summed E-state index contributed by atoms with van der Waals surface area (Å²) in [5.74, 6) is 0. The molecule has 0 aliphatic carbocycles. The van der Waals surface area contributed by atoms with Gasteiger partial charge in [-0.2, -0.15) is 0 Å². The standard InChI is InChI=1S/C12H22N4OS/c1-4-5-13-11-15-14-10(18-11)8-16-6-7-17-12(2,3)9-16/h4-9H2,1-3H3,(H,13,15). The monoisotopic (exact) mass is 270 g/mol. The van der Waals surface area contributed by atoms with Crippen LogP contribution in [0.1, 0.15) is 32.2 Å². The maximum atomic E-state index is 5.70. The van der Waals surface area contributed by atoms with Crippen molar-refractivity contribution in [1.29, 1.82) is 0 Å². The number of rotatable bonds is 5. The van der Waals surface area contributed by atoms with E-state index in [1.165, 1.54) is 0 Å². The largest absolute Gasteiger partial charge is 0.373 e. The fourth-order valence-electron chi connectivity index (χ4n) is 2.06. The maximum absolute atomic E-state index is 5.70. The molecular formula is C12H22N4OS. The summed E-state index contributed by atoms with van der Waals surface area (Å²) in [5.41, 5.74) is -0.0494. The van der Waals surface area contributed by atoms with Crippen molar-refractivity contribution in [3.8, 4) is 0 Å². The lowest BCUT2D eigenvalue weighted by Crippen LogP contribution is -2.47. The minimum atomic E-state index is -0.0494. The van der Waals surface area contributed by atoms with Gasteiger partial charge in [0.25, 0.3) is 0 Å². The van der Waals surface area contributed by atoms with Crippen molar-refractivity contribution in [2.24, 2.45) is 0 Å². The topological polar surface area (TPSA) is 50.3 Å². The average Bonchev–Trinajstić information content (AvgIpc) is 2.73. The van der Waals surface area contributed by atoms with Crippen LogP contribution in [0.3, 0.4) is 0 Å². The molecule has 1 fully saturated rings. The Bertz CT molecular complexity index is 380. The Hall–Kier alpha value is -0.720. The van der Waals surface area contributed by atoms with Gasteiger partial charge in [-0.3, -0.25) is 4.90 Å². The molecule has 0 saturated carbocycles. The first-order valence-electron chi connectivity index (χ1n) is 6.51. The van der Waals surface area contributed by atoms with Crippen molar-refractivity contribution >= 4 is 16.5 Å². The van der Waals surface area contributed by atoms with Gasteiger partial charge in [0, 0.05) is 19.6 Å². The highest BCUT2D eigenvalue weighted by Gasteiger charge is 2.27. The van der Waals surface area contributed by atoms with Crippen molar-refractivity contribution < 1.29 is 4.74 Å². The van der Waals surface area contributed by atoms with E-state index in [0.29, 0.717) is 0 Å². The first-order valence-corrected chi connectivity index (χ1v) is 7.33. The molecule has 2 heterocycles. The maximum Gasteiger partial charge on any atom is 0.205 e. The van der Waals surface area contributed by atoms with Crippen molar-refractivity contribution in [2.45, 2.75) is 39.3 Å². The van der Waals surface area contributed by atoms with Gasteiger partial charge < -0.3 is 10.1 Å². The SMILES string of the molecule is CCCNc1nnc(CN2CCOC(C)(C)C2)s1. The molecule has 1 N–H and O–H groups in total. The van der Waals surface area contributed by atoms with Crippen LogP contribution in [-0.4, -0.2) is 46.9 Å². The van der Waals surface area contributed by atoms with E-state index in [9.17, 15) is 0 Å². The molecule has 1 aromatic heterocycles. The first-order chi connectivity index (χ1) is 8.59. The predicted octanol–water partition coefficient (Wildman–Crippen LogP) is 1.97. The van der Waals surface area contributed by atoms with Crippen molar-refractivity contribution in [2.75, 3.05) is 31.6 Å². The normalized spacial score (nSPS) is 19.9. The molecular weight excluding hydrogens is 248 g/mol. The number of ether oxygens (including phenoxy) is 1. The van der Waals surface area contributed by atoms with Gasteiger partial charge in [0.05, 0.1) is 18.8 Å². The van der Waals surface area contributed by atoms with Gasteiger partial charge in [0.1, 0.15) is 5.01 Å². The molecule has 0 spiro atoms. The molecule has 0 radical (unpaired) electrons. The van der Waals surface area contributed by atoms with E-state index in [-0.39, 0.29) is 5.60 Å². The van der Waals surface area contributed by atoms with Crippen LogP contribution in [0.5, 0.6) is 0 Å². The number of morpholine rings is 1. The zero-order valence-corrected chi connectivity index (χ0v) is 12.2. The Labute approximate surface area is 113 Å². The second-order valence-corrected chi connectivity index (χ2v) is 6.31. The molecule has 0 amide bonds.